The van der Waals surface area contributed by atoms with Gasteiger partial charge in [-0.3, -0.25) is 10.1 Å². The largest absolute Gasteiger partial charge is 0.354 e. The average Bonchev–Trinajstić information content (AvgIpc) is 2.43. The molecule has 1 saturated heterocycles. The Morgan fingerprint density at radius 2 is 2.06 bits per heavy atom. The molecule has 0 spiro atoms. The van der Waals surface area contributed by atoms with Crippen LogP contribution in [-0.4, -0.2) is 19.0 Å². The van der Waals surface area contributed by atoms with Crippen molar-refractivity contribution in [2.45, 2.75) is 18.9 Å². The van der Waals surface area contributed by atoms with E-state index < -0.39 is 5.54 Å². The molecule has 0 radical (unpaired) electrons. The van der Waals surface area contributed by atoms with Crippen molar-refractivity contribution in [3.8, 4) is 0 Å². The fraction of sp³-hybridized carbons (Fsp3) is 0.417. The molecule has 4 heteroatoms. The minimum Gasteiger partial charge on any atom is -0.354 e. The second-order valence-corrected chi connectivity index (χ2v) is 5.00. The lowest BCUT2D eigenvalue weighted by Gasteiger charge is -2.28. The van der Waals surface area contributed by atoms with Crippen LogP contribution in [-0.2, 0) is 10.3 Å². The average molecular weight is 283 g/mol. The van der Waals surface area contributed by atoms with Gasteiger partial charge in [0.25, 0.3) is 0 Å². The molecule has 0 saturated carbocycles. The lowest BCUT2D eigenvalue weighted by atomic mass is 9.91. The highest BCUT2D eigenvalue weighted by Crippen LogP contribution is 2.29. The van der Waals surface area contributed by atoms with Crippen LogP contribution in [0.2, 0.25) is 0 Å². The summed E-state index contributed by atoms with van der Waals surface area (Å²) in [6.45, 7) is 3.51. The van der Waals surface area contributed by atoms with Crippen molar-refractivity contribution >= 4 is 21.8 Å². The fourth-order valence-electron chi connectivity index (χ4n) is 1.97. The van der Waals surface area contributed by atoms with Crippen molar-refractivity contribution in [1.29, 1.82) is 0 Å². The molecular formula is C12H15BrN2O. The van der Waals surface area contributed by atoms with Crippen LogP contribution >= 0.6 is 15.9 Å². The van der Waals surface area contributed by atoms with Crippen LogP contribution in [0.5, 0.6) is 0 Å². The molecule has 1 amide bonds. The first kappa shape index (κ1) is 11.6. The number of benzene rings is 1. The lowest BCUT2D eigenvalue weighted by Crippen LogP contribution is -2.50. The molecule has 1 aromatic carbocycles. The highest BCUT2D eigenvalue weighted by molar-refractivity contribution is 9.10. The van der Waals surface area contributed by atoms with Gasteiger partial charge in [-0.05, 0) is 31.5 Å². The third kappa shape index (κ3) is 1.99. The topological polar surface area (TPSA) is 41.1 Å². The van der Waals surface area contributed by atoms with E-state index in [0.717, 1.165) is 29.5 Å². The third-order valence-corrected chi connectivity index (χ3v) is 3.68. The molecule has 2 N–H and O–H groups in total. The second-order valence-electron chi connectivity index (χ2n) is 4.14. The number of halogens is 1. The van der Waals surface area contributed by atoms with Gasteiger partial charge in [-0.15, -0.1) is 0 Å². The monoisotopic (exact) mass is 282 g/mol. The maximum Gasteiger partial charge on any atom is 0.244 e. The lowest BCUT2D eigenvalue weighted by molar-refractivity contribution is -0.126. The summed E-state index contributed by atoms with van der Waals surface area (Å²) in [5.41, 5.74) is 0.339. The Labute approximate surface area is 104 Å². The van der Waals surface area contributed by atoms with Crippen LogP contribution in [0, 0.1) is 0 Å². The summed E-state index contributed by atoms with van der Waals surface area (Å²) in [5, 5.41) is 6.26. The quantitative estimate of drug-likeness (QED) is 0.824. The summed E-state index contributed by atoms with van der Waals surface area (Å²) in [6.07, 6.45) is 0.964. The van der Waals surface area contributed by atoms with E-state index in [1.165, 1.54) is 0 Å². The predicted octanol–water partition coefficient (Wildman–Crippen LogP) is 1.77. The summed E-state index contributed by atoms with van der Waals surface area (Å²) >= 11 is 3.50. The van der Waals surface area contributed by atoms with E-state index in [1.54, 1.807) is 0 Å². The maximum atomic E-state index is 12.1. The first-order valence-electron chi connectivity index (χ1n) is 5.43. The molecule has 1 unspecified atom stereocenters. The zero-order valence-corrected chi connectivity index (χ0v) is 10.8. The summed E-state index contributed by atoms with van der Waals surface area (Å²) in [6, 6.07) is 7.83. The van der Waals surface area contributed by atoms with E-state index in [-0.39, 0.29) is 5.91 Å². The summed E-state index contributed by atoms with van der Waals surface area (Å²) in [4.78, 5) is 12.1. The van der Waals surface area contributed by atoms with Crippen molar-refractivity contribution < 1.29 is 4.79 Å². The molecule has 1 atom stereocenters. The van der Waals surface area contributed by atoms with Crippen molar-refractivity contribution in [3.63, 3.8) is 0 Å². The smallest absolute Gasteiger partial charge is 0.244 e. The van der Waals surface area contributed by atoms with Crippen molar-refractivity contribution in [2.24, 2.45) is 0 Å². The van der Waals surface area contributed by atoms with Gasteiger partial charge in [-0.2, -0.15) is 0 Å². The van der Waals surface area contributed by atoms with Crippen LogP contribution in [0.1, 0.15) is 18.9 Å². The van der Waals surface area contributed by atoms with E-state index in [4.69, 9.17) is 0 Å². The predicted molar refractivity (Wildman–Crippen MR) is 67.1 cm³/mol. The molecule has 0 bridgehead atoms. The van der Waals surface area contributed by atoms with E-state index in [2.05, 4.69) is 26.6 Å². The zero-order valence-electron chi connectivity index (χ0n) is 9.22. The van der Waals surface area contributed by atoms with E-state index in [0.29, 0.717) is 0 Å². The molecule has 0 aliphatic carbocycles. The number of rotatable bonds is 1. The van der Waals surface area contributed by atoms with Gasteiger partial charge in [0.1, 0.15) is 5.54 Å². The molecule has 16 heavy (non-hydrogen) atoms. The van der Waals surface area contributed by atoms with Crippen LogP contribution in [0.15, 0.2) is 28.7 Å². The Bertz CT molecular complexity index is 408. The van der Waals surface area contributed by atoms with Crippen molar-refractivity contribution in [3.05, 3.63) is 34.3 Å². The SMILES string of the molecule is CC1(c2ccccc2Br)NCCCNC1=O. The summed E-state index contributed by atoms with van der Waals surface area (Å²) in [5.74, 6) is 0.0388. The Balaban J connectivity index is 2.43. The van der Waals surface area contributed by atoms with Gasteiger partial charge in [0, 0.05) is 11.0 Å². The van der Waals surface area contributed by atoms with Gasteiger partial charge in [-0.25, -0.2) is 0 Å². The number of carbonyl (C=O) groups is 1. The van der Waals surface area contributed by atoms with Gasteiger partial charge >= 0.3 is 0 Å². The highest BCUT2D eigenvalue weighted by atomic mass is 79.9. The van der Waals surface area contributed by atoms with E-state index in [9.17, 15) is 4.79 Å². The second kappa shape index (κ2) is 4.55. The standard InChI is InChI=1S/C12H15BrN2O/c1-12(9-5-2-3-6-10(9)13)11(16)14-7-4-8-15-12/h2-3,5-6,15H,4,7-8H2,1H3,(H,14,16). The molecule has 1 fully saturated rings. The van der Waals surface area contributed by atoms with Crippen molar-refractivity contribution in [2.75, 3.05) is 13.1 Å². The van der Waals surface area contributed by atoms with Gasteiger partial charge in [0.15, 0.2) is 0 Å². The first-order valence-corrected chi connectivity index (χ1v) is 6.22. The number of hydrogen-bond acceptors (Lipinski definition) is 2. The number of amides is 1. The molecule has 0 aromatic heterocycles. The molecule has 86 valence electrons. The number of carbonyl (C=O) groups excluding carboxylic acids is 1. The summed E-state index contributed by atoms with van der Waals surface area (Å²) in [7, 11) is 0. The van der Waals surface area contributed by atoms with Crippen LogP contribution in [0.4, 0.5) is 0 Å². The first-order chi connectivity index (χ1) is 7.64. The van der Waals surface area contributed by atoms with E-state index in [1.807, 2.05) is 31.2 Å². The van der Waals surface area contributed by atoms with Gasteiger partial charge < -0.3 is 5.32 Å². The molecule has 1 aliphatic heterocycles. The fourth-order valence-corrected chi connectivity index (χ4v) is 2.65. The maximum absolute atomic E-state index is 12.1. The summed E-state index contributed by atoms with van der Waals surface area (Å²) < 4.78 is 0.960. The number of nitrogens with one attached hydrogen (secondary N) is 2. The molecule has 2 rings (SSSR count). The minimum atomic E-state index is -0.642. The Hall–Kier alpha value is -0.870. The molecule has 1 aliphatic rings. The van der Waals surface area contributed by atoms with E-state index >= 15 is 0 Å². The molecular weight excluding hydrogens is 268 g/mol. The number of hydrogen-bond donors (Lipinski definition) is 2. The van der Waals surface area contributed by atoms with Crippen LogP contribution in [0.3, 0.4) is 0 Å². The van der Waals surface area contributed by atoms with Gasteiger partial charge in [0.2, 0.25) is 5.91 Å². The van der Waals surface area contributed by atoms with Crippen molar-refractivity contribution in [1.82, 2.24) is 10.6 Å². The van der Waals surface area contributed by atoms with Gasteiger partial charge in [0.05, 0.1) is 0 Å². The third-order valence-electron chi connectivity index (χ3n) is 2.98. The molecule has 3 nitrogen and oxygen atoms in total. The highest BCUT2D eigenvalue weighted by Gasteiger charge is 2.36. The Morgan fingerprint density at radius 3 is 2.81 bits per heavy atom. The Morgan fingerprint density at radius 1 is 1.31 bits per heavy atom. The molecule has 1 heterocycles. The van der Waals surface area contributed by atoms with Gasteiger partial charge in [-0.1, -0.05) is 34.1 Å². The normalized spacial score (nSPS) is 26.0. The van der Waals surface area contributed by atoms with Crippen LogP contribution in [0.25, 0.3) is 0 Å². The minimum absolute atomic E-state index is 0.0388. The molecule has 1 aromatic rings. The van der Waals surface area contributed by atoms with Crippen LogP contribution < -0.4 is 10.6 Å². The Kier molecular flexibility index (Phi) is 3.30. The zero-order chi connectivity index (χ0) is 11.6.